The topological polar surface area (TPSA) is 118 Å². The van der Waals surface area contributed by atoms with Gasteiger partial charge in [0.15, 0.2) is 28.8 Å². The Morgan fingerprint density at radius 3 is 2.66 bits per heavy atom. The Hall–Kier alpha value is -4.05. The average Bonchev–Trinajstić information content (AvgIpc) is 3.50. The van der Waals surface area contributed by atoms with Crippen molar-refractivity contribution in [1.29, 1.82) is 0 Å². The van der Waals surface area contributed by atoms with Crippen LogP contribution in [0.3, 0.4) is 0 Å². The average molecular weight is 495 g/mol. The van der Waals surface area contributed by atoms with Crippen LogP contribution >= 0.6 is 11.3 Å². The second kappa shape index (κ2) is 8.62. The number of nitrogens with zero attached hydrogens (tertiary/aromatic N) is 2. The van der Waals surface area contributed by atoms with Crippen molar-refractivity contribution >= 4 is 28.7 Å². The van der Waals surface area contributed by atoms with Crippen molar-refractivity contribution in [1.82, 2.24) is 4.98 Å². The molecule has 1 atom stereocenters. The molecule has 0 bridgehead atoms. The molecule has 9 nitrogen and oxygen atoms in total. The molecule has 2 aliphatic rings. The smallest absolute Gasteiger partial charge is 0.294 e. The molecular formula is C25H22N2O7S. The summed E-state index contributed by atoms with van der Waals surface area (Å²) in [7, 11) is 0. The molecule has 2 N–H and O–H groups in total. The maximum Gasteiger partial charge on any atom is 0.294 e. The Morgan fingerprint density at radius 2 is 1.94 bits per heavy atom. The number of hydrogen-bond donors (Lipinski definition) is 2. The first-order chi connectivity index (χ1) is 16.8. The van der Waals surface area contributed by atoms with Gasteiger partial charge in [-0.05, 0) is 50.6 Å². The molecule has 0 aliphatic carbocycles. The van der Waals surface area contributed by atoms with E-state index in [-0.39, 0.29) is 23.9 Å². The van der Waals surface area contributed by atoms with E-state index in [2.05, 4.69) is 4.98 Å². The van der Waals surface area contributed by atoms with Crippen molar-refractivity contribution in [3.8, 4) is 23.0 Å². The lowest BCUT2D eigenvalue weighted by atomic mass is 9.94. The number of ketones is 1. The number of Topliss-reactive ketones (excluding diaryl/α,β-unsaturated/α-hetero) is 1. The number of carbonyl (C=O) groups excluding carboxylic acids is 2. The van der Waals surface area contributed by atoms with Crippen LogP contribution in [0.15, 0.2) is 47.7 Å². The second-order valence-corrected chi connectivity index (χ2v) is 9.22. The molecule has 35 heavy (non-hydrogen) atoms. The number of aryl methyl sites for hydroxylation is 2. The summed E-state index contributed by atoms with van der Waals surface area (Å²) in [5.74, 6) is -0.766. The third-order valence-electron chi connectivity index (χ3n) is 5.80. The van der Waals surface area contributed by atoms with E-state index >= 15 is 0 Å². The maximum absolute atomic E-state index is 13.7. The number of amides is 1. The van der Waals surface area contributed by atoms with E-state index < -0.39 is 23.5 Å². The highest BCUT2D eigenvalue weighted by Gasteiger charge is 2.46. The van der Waals surface area contributed by atoms with E-state index in [0.29, 0.717) is 44.9 Å². The van der Waals surface area contributed by atoms with E-state index in [1.807, 2.05) is 0 Å². The second-order valence-electron chi connectivity index (χ2n) is 8.01. The summed E-state index contributed by atoms with van der Waals surface area (Å²) in [5.41, 5.74) is 1.32. The molecule has 0 saturated heterocycles. The van der Waals surface area contributed by atoms with Gasteiger partial charge < -0.3 is 24.4 Å². The number of phenolic OH excluding ortho intramolecular Hbond substituents is 1. The van der Waals surface area contributed by atoms with Crippen molar-refractivity contribution < 1.29 is 34.0 Å². The predicted molar refractivity (Wildman–Crippen MR) is 128 cm³/mol. The number of phenols is 1. The third-order valence-corrected chi connectivity index (χ3v) is 6.87. The standard InChI is InChI=1S/C25H22N2O7S/c1-4-32-18-9-14(5-7-16(18)28)21-20(22(29)24-12(2)26-13(3)35-24)23(30)25(31)27(21)15-6-8-17-19(10-15)34-11-33-17/h5-10,21,28,30H,4,11H2,1-3H3. The molecule has 0 radical (unpaired) electrons. The minimum absolute atomic E-state index is 0.0586. The SMILES string of the molecule is CCOc1cc(C2C(C(=O)c3sc(C)nc3C)=C(O)C(=O)N2c2ccc3c(c2)OCO3)ccc1O. The molecule has 10 heteroatoms. The number of anilines is 1. The van der Waals surface area contributed by atoms with Crippen LogP contribution in [-0.4, -0.2) is 40.3 Å². The van der Waals surface area contributed by atoms with Crippen LogP contribution in [0, 0.1) is 13.8 Å². The first kappa shape index (κ1) is 22.7. The molecule has 1 amide bonds. The van der Waals surface area contributed by atoms with Crippen LogP contribution in [0.5, 0.6) is 23.0 Å². The summed E-state index contributed by atoms with van der Waals surface area (Å²) in [4.78, 5) is 33.1. The molecule has 0 fully saturated rings. The van der Waals surface area contributed by atoms with Crippen molar-refractivity contribution in [2.75, 3.05) is 18.3 Å². The summed E-state index contributed by atoms with van der Waals surface area (Å²) in [6.07, 6.45) is 0. The van der Waals surface area contributed by atoms with Gasteiger partial charge >= 0.3 is 0 Å². The Balaban J connectivity index is 1.68. The summed E-state index contributed by atoms with van der Waals surface area (Å²) in [6.45, 7) is 5.64. The summed E-state index contributed by atoms with van der Waals surface area (Å²) in [5, 5.41) is 21.9. The molecule has 2 aromatic carbocycles. The fraction of sp³-hybridized carbons (Fsp3) is 0.240. The molecule has 1 aromatic heterocycles. The van der Waals surface area contributed by atoms with Gasteiger partial charge in [0.05, 0.1) is 33.8 Å². The van der Waals surface area contributed by atoms with Gasteiger partial charge in [0, 0.05) is 11.8 Å². The van der Waals surface area contributed by atoms with Gasteiger partial charge in [-0.15, -0.1) is 11.3 Å². The van der Waals surface area contributed by atoms with E-state index in [0.717, 1.165) is 0 Å². The number of fused-ring (bicyclic) bond motifs is 1. The number of aromatic nitrogens is 1. The molecule has 2 aliphatic heterocycles. The van der Waals surface area contributed by atoms with Crippen molar-refractivity contribution in [2.24, 2.45) is 0 Å². The highest BCUT2D eigenvalue weighted by Crippen LogP contribution is 2.46. The zero-order valence-corrected chi connectivity index (χ0v) is 20.0. The molecule has 3 heterocycles. The number of hydrogen-bond acceptors (Lipinski definition) is 9. The minimum Gasteiger partial charge on any atom is -0.504 e. The van der Waals surface area contributed by atoms with E-state index in [4.69, 9.17) is 14.2 Å². The number of aliphatic hydroxyl groups excluding tert-OH is 1. The predicted octanol–water partition coefficient (Wildman–Crippen LogP) is 4.38. The van der Waals surface area contributed by atoms with Crippen LogP contribution < -0.4 is 19.1 Å². The largest absolute Gasteiger partial charge is 0.504 e. The molecular weight excluding hydrogens is 472 g/mol. The Morgan fingerprint density at radius 1 is 1.17 bits per heavy atom. The highest BCUT2D eigenvalue weighted by atomic mass is 32.1. The van der Waals surface area contributed by atoms with Crippen LogP contribution in [0.4, 0.5) is 5.69 Å². The van der Waals surface area contributed by atoms with E-state index in [1.54, 1.807) is 51.1 Å². The number of carbonyl (C=O) groups is 2. The van der Waals surface area contributed by atoms with E-state index in [9.17, 15) is 19.8 Å². The Labute approximate surface area is 204 Å². The number of aliphatic hydroxyl groups is 1. The molecule has 1 unspecified atom stereocenters. The highest BCUT2D eigenvalue weighted by molar-refractivity contribution is 7.14. The van der Waals surface area contributed by atoms with Gasteiger partial charge in [-0.3, -0.25) is 14.5 Å². The fourth-order valence-corrected chi connectivity index (χ4v) is 5.16. The first-order valence-electron chi connectivity index (χ1n) is 10.9. The van der Waals surface area contributed by atoms with Crippen molar-refractivity contribution in [3.63, 3.8) is 0 Å². The molecule has 3 aromatic rings. The van der Waals surface area contributed by atoms with Gasteiger partial charge in [0.2, 0.25) is 12.6 Å². The zero-order chi connectivity index (χ0) is 24.9. The summed E-state index contributed by atoms with van der Waals surface area (Å²) >= 11 is 1.20. The van der Waals surface area contributed by atoms with Crippen LogP contribution in [-0.2, 0) is 4.79 Å². The van der Waals surface area contributed by atoms with Gasteiger partial charge in [0.25, 0.3) is 5.91 Å². The molecule has 5 rings (SSSR count). The lowest BCUT2D eigenvalue weighted by Crippen LogP contribution is -2.31. The summed E-state index contributed by atoms with van der Waals surface area (Å²) < 4.78 is 16.4. The number of thiazole rings is 1. The Bertz CT molecular complexity index is 1390. The quantitative estimate of drug-likeness (QED) is 0.485. The monoisotopic (exact) mass is 494 g/mol. The lowest BCUT2D eigenvalue weighted by molar-refractivity contribution is -0.117. The molecule has 0 saturated carbocycles. The minimum atomic E-state index is -0.989. The zero-order valence-electron chi connectivity index (χ0n) is 19.2. The van der Waals surface area contributed by atoms with Crippen LogP contribution in [0.25, 0.3) is 0 Å². The van der Waals surface area contributed by atoms with Gasteiger partial charge in [-0.25, -0.2) is 4.98 Å². The fourth-order valence-electron chi connectivity index (χ4n) is 4.29. The Kier molecular flexibility index (Phi) is 5.60. The number of benzene rings is 2. The molecule has 0 spiro atoms. The summed E-state index contributed by atoms with van der Waals surface area (Å²) in [6, 6.07) is 8.54. The van der Waals surface area contributed by atoms with Gasteiger partial charge in [0.1, 0.15) is 0 Å². The number of ether oxygens (including phenoxy) is 3. The van der Waals surface area contributed by atoms with Crippen LogP contribution in [0.2, 0.25) is 0 Å². The lowest BCUT2D eigenvalue weighted by Gasteiger charge is -2.27. The maximum atomic E-state index is 13.7. The molecule has 180 valence electrons. The van der Waals surface area contributed by atoms with Gasteiger partial charge in [-0.2, -0.15) is 0 Å². The van der Waals surface area contributed by atoms with Crippen molar-refractivity contribution in [2.45, 2.75) is 26.8 Å². The van der Waals surface area contributed by atoms with Crippen LogP contribution in [0.1, 0.15) is 38.9 Å². The normalized spacial score (nSPS) is 16.8. The number of aromatic hydroxyl groups is 1. The third kappa shape index (κ3) is 3.75. The van der Waals surface area contributed by atoms with Crippen molar-refractivity contribution in [3.05, 3.63) is 68.9 Å². The number of rotatable bonds is 6. The van der Waals surface area contributed by atoms with E-state index in [1.165, 1.54) is 22.3 Å². The first-order valence-corrected chi connectivity index (χ1v) is 11.7. The van der Waals surface area contributed by atoms with Gasteiger partial charge in [-0.1, -0.05) is 6.07 Å².